The Morgan fingerprint density at radius 2 is 2.23 bits per heavy atom. The Balaban J connectivity index is 1.75. The molecule has 4 heteroatoms. The molecule has 1 saturated carbocycles. The molecule has 0 aromatic carbocycles. The van der Waals surface area contributed by atoms with Crippen LogP contribution >= 0.6 is 0 Å². The van der Waals surface area contributed by atoms with Crippen LogP contribution in [0.5, 0.6) is 0 Å². The minimum absolute atomic E-state index is 0.0597. The summed E-state index contributed by atoms with van der Waals surface area (Å²) >= 11 is 0. The van der Waals surface area contributed by atoms with Gasteiger partial charge in [0.1, 0.15) is 5.76 Å². The molecule has 0 aromatic rings. The summed E-state index contributed by atoms with van der Waals surface area (Å²) in [5.74, 6) is 3.07. The van der Waals surface area contributed by atoms with Crippen molar-refractivity contribution in [2.24, 2.45) is 23.2 Å². The number of methoxy groups -OCH3 is 1. The Hall–Kier alpha value is -1.55. The van der Waals surface area contributed by atoms with Gasteiger partial charge in [-0.1, -0.05) is 12.2 Å². The topological polar surface area (TPSA) is 38.8 Å². The Labute approximate surface area is 130 Å². The molecule has 2 bridgehead atoms. The highest BCUT2D eigenvalue weighted by Crippen LogP contribution is 2.66. The fraction of sp³-hybridized carbons (Fsp3) is 0.611. The molecule has 0 N–H and O–H groups in total. The van der Waals surface area contributed by atoms with Gasteiger partial charge in [-0.3, -0.25) is 4.79 Å². The summed E-state index contributed by atoms with van der Waals surface area (Å²) in [6.45, 7) is 1.05. The summed E-state index contributed by atoms with van der Waals surface area (Å²) in [6, 6.07) is 0.513. The van der Waals surface area contributed by atoms with Crippen molar-refractivity contribution in [3.8, 4) is 0 Å². The number of allylic oxidation sites excluding steroid dienone is 3. The number of piperidine rings is 1. The lowest BCUT2D eigenvalue weighted by atomic mass is 9.48. The highest BCUT2D eigenvalue weighted by Gasteiger charge is 2.69. The van der Waals surface area contributed by atoms with Gasteiger partial charge in [0.25, 0.3) is 0 Å². The number of carbonyl (C=O) groups is 1. The van der Waals surface area contributed by atoms with E-state index in [1.54, 1.807) is 13.2 Å². The quantitative estimate of drug-likeness (QED) is 0.741. The van der Waals surface area contributed by atoms with Crippen LogP contribution in [-0.4, -0.2) is 43.5 Å². The second-order valence-electron chi connectivity index (χ2n) is 7.36. The number of rotatable bonds is 1. The summed E-state index contributed by atoms with van der Waals surface area (Å²) in [5.41, 5.74) is -0.0597. The molecular formula is C18H21NO3. The zero-order chi connectivity index (χ0) is 15.1. The molecule has 0 radical (unpaired) electrons. The van der Waals surface area contributed by atoms with Crippen LogP contribution in [0, 0.1) is 23.2 Å². The van der Waals surface area contributed by atoms with Crippen LogP contribution in [0.25, 0.3) is 0 Å². The van der Waals surface area contributed by atoms with Crippen molar-refractivity contribution in [1.29, 1.82) is 0 Å². The van der Waals surface area contributed by atoms with Gasteiger partial charge in [0.2, 0.25) is 0 Å². The molecule has 6 atom stereocenters. The highest BCUT2D eigenvalue weighted by molar-refractivity contribution is 5.96. The molecule has 0 aromatic heterocycles. The van der Waals surface area contributed by atoms with E-state index in [9.17, 15) is 4.79 Å². The van der Waals surface area contributed by atoms with E-state index in [0.717, 1.165) is 30.9 Å². The second-order valence-corrected chi connectivity index (χ2v) is 7.36. The summed E-state index contributed by atoms with van der Waals surface area (Å²) in [6.07, 6.45) is 10.1. The van der Waals surface area contributed by atoms with Crippen LogP contribution in [0.3, 0.4) is 0 Å². The van der Waals surface area contributed by atoms with Gasteiger partial charge in [0.05, 0.1) is 7.11 Å². The Kier molecular flexibility index (Phi) is 2.38. The molecule has 2 heterocycles. The normalized spacial score (nSPS) is 48.3. The van der Waals surface area contributed by atoms with E-state index in [2.05, 4.69) is 24.1 Å². The first kappa shape index (κ1) is 12.9. The molecule has 0 amide bonds. The van der Waals surface area contributed by atoms with Crippen molar-refractivity contribution in [3.05, 3.63) is 35.8 Å². The lowest BCUT2D eigenvalue weighted by molar-refractivity contribution is -0.140. The van der Waals surface area contributed by atoms with Gasteiger partial charge < -0.3 is 14.4 Å². The molecule has 1 spiro atoms. The molecule has 3 aliphatic carbocycles. The average Bonchev–Trinajstić information content (AvgIpc) is 2.88. The zero-order valence-electron chi connectivity index (χ0n) is 13.0. The van der Waals surface area contributed by atoms with E-state index in [1.807, 2.05) is 6.08 Å². The molecule has 22 heavy (non-hydrogen) atoms. The number of ketones is 1. The maximum Gasteiger partial charge on any atom is 0.196 e. The van der Waals surface area contributed by atoms with Gasteiger partial charge in [-0.05, 0) is 44.5 Å². The van der Waals surface area contributed by atoms with E-state index in [4.69, 9.17) is 9.47 Å². The maximum absolute atomic E-state index is 12.6. The van der Waals surface area contributed by atoms with E-state index < -0.39 is 0 Å². The number of hydrogen-bond acceptors (Lipinski definition) is 4. The van der Waals surface area contributed by atoms with Gasteiger partial charge in [-0.2, -0.15) is 0 Å². The van der Waals surface area contributed by atoms with E-state index >= 15 is 0 Å². The van der Waals surface area contributed by atoms with Gasteiger partial charge in [0, 0.05) is 23.3 Å². The smallest absolute Gasteiger partial charge is 0.196 e. The monoisotopic (exact) mass is 299 g/mol. The minimum atomic E-state index is -0.313. The van der Waals surface area contributed by atoms with Crippen molar-refractivity contribution in [2.45, 2.75) is 25.0 Å². The SMILES string of the molecule is COC1=C2OC3C(=O)C=CC4C5CC(C=C1)C2C34CCN5C. The molecule has 5 rings (SSSR count). The first-order valence-corrected chi connectivity index (χ1v) is 8.22. The third-order valence-electron chi connectivity index (χ3n) is 6.72. The van der Waals surface area contributed by atoms with Crippen molar-refractivity contribution in [1.82, 2.24) is 4.90 Å². The van der Waals surface area contributed by atoms with Crippen molar-refractivity contribution in [2.75, 3.05) is 20.7 Å². The van der Waals surface area contributed by atoms with Crippen LogP contribution in [-0.2, 0) is 14.3 Å². The van der Waals surface area contributed by atoms with Gasteiger partial charge in [0.15, 0.2) is 17.6 Å². The Morgan fingerprint density at radius 1 is 1.36 bits per heavy atom. The van der Waals surface area contributed by atoms with Crippen LogP contribution < -0.4 is 0 Å². The molecule has 2 saturated heterocycles. The number of likely N-dealkylation sites (tertiary alicyclic amines) is 1. The average molecular weight is 299 g/mol. The maximum atomic E-state index is 12.6. The van der Waals surface area contributed by atoms with Crippen LogP contribution in [0.1, 0.15) is 12.8 Å². The van der Waals surface area contributed by atoms with Gasteiger partial charge >= 0.3 is 0 Å². The third kappa shape index (κ3) is 1.27. The molecule has 5 aliphatic rings. The van der Waals surface area contributed by atoms with Crippen molar-refractivity contribution < 1.29 is 14.3 Å². The minimum Gasteiger partial charge on any atom is -0.493 e. The van der Waals surface area contributed by atoms with Crippen LogP contribution in [0.4, 0.5) is 0 Å². The Morgan fingerprint density at radius 3 is 3.05 bits per heavy atom. The largest absolute Gasteiger partial charge is 0.493 e. The Bertz CT molecular complexity index is 649. The van der Waals surface area contributed by atoms with Gasteiger partial charge in [-0.25, -0.2) is 0 Å². The summed E-state index contributed by atoms with van der Waals surface area (Å²) < 4.78 is 11.8. The lowest BCUT2D eigenvalue weighted by Gasteiger charge is -2.59. The second kappa shape index (κ2) is 4.05. The summed E-state index contributed by atoms with van der Waals surface area (Å²) in [5, 5.41) is 0. The molecule has 4 nitrogen and oxygen atoms in total. The molecule has 116 valence electrons. The summed E-state index contributed by atoms with van der Waals surface area (Å²) in [7, 11) is 3.91. The predicted octanol–water partition coefficient (Wildman–Crippen LogP) is 1.89. The van der Waals surface area contributed by atoms with E-state index in [0.29, 0.717) is 23.8 Å². The van der Waals surface area contributed by atoms with Crippen LogP contribution in [0.2, 0.25) is 0 Å². The number of nitrogens with zero attached hydrogens (tertiary/aromatic N) is 1. The number of hydrogen-bond donors (Lipinski definition) is 0. The molecule has 2 aliphatic heterocycles. The van der Waals surface area contributed by atoms with Gasteiger partial charge in [-0.15, -0.1) is 0 Å². The molecular weight excluding hydrogens is 278 g/mol. The van der Waals surface area contributed by atoms with Crippen molar-refractivity contribution in [3.63, 3.8) is 0 Å². The first-order chi connectivity index (χ1) is 10.7. The number of ether oxygens (including phenoxy) is 2. The fourth-order valence-corrected chi connectivity index (χ4v) is 5.83. The highest BCUT2D eigenvalue weighted by atomic mass is 16.5. The fourth-order valence-electron chi connectivity index (χ4n) is 5.83. The molecule has 6 unspecified atom stereocenters. The zero-order valence-corrected chi connectivity index (χ0v) is 13.0. The first-order valence-electron chi connectivity index (χ1n) is 8.22. The van der Waals surface area contributed by atoms with Crippen LogP contribution in [0.15, 0.2) is 35.8 Å². The number of carbonyl (C=O) groups excluding carboxylic acids is 1. The van der Waals surface area contributed by atoms with E-state index in [1.165, 1.54) is 0 Å². The third-order valence-corrected chi connectivity index (χ3v) is 6.72. The molecule has 3 fully saturated rings. The van der Waals surface area contributed by atoms with E-state index in [-0.39, 0.29) is 17.3 Å². The lowest BCUT2D eigenvalue weighted by Crippen LogP contribution is -2.64. The predicted molar refractivity (Wildman–Crippen MR) is 80.8 cm³/mol. The summed E-state index contributed by atoms with van der Waals surface area (Å²) in [4.78, 5) is 15.0. The standard InChI is InChI=1S/C18H21NO3/c1-19-8-7-18-11-4-5-13(20)17(18)22-16-14(21-2)6-3-10(15(16)18)9-12(11)19/h3-6,10-12,15,17H,7-9H2,1-2H3. The van der Waals surface area contributed by atoms with Crippen molar-refractivity contribution >= 4 is 5.78 Å².